The molecule has 0 aliphatic carbocycles. The molecule has 4 rings (SSSR count). The number of fused-ring (bicyclic) bond motifs is 1. The molecule has 1 fully saturated rings. The minimum Gasteiger partial charge on any atom is -0.445 e. The summed E-state index contributed by atoms with van der Waals surface area (Å²) in [7, 11) is 0. The van der Waals surface area contributed by atoms with Crippen molar-refractivity contribution in [3.05, 3.63) is 83.9 Å². The zero-order chi connectivity index (χ0) is 31.5. The minimum atomic E-state index is -0.796. The summed E-state index contributed by atoms with van der Waals surface area (Å²) in [5, 5.41) is 7.37. The second-order valence-corrected chi connectivity index (χ2v) is 11.8. The Morgan fingerprint density at radius 2 is 1.45 bits per heavy atom. The number of benzene rings is 3. The number of ether oxygens (including phenoxy) is 2. The van der Waals surface area contributed by atoms with Crippen molar-refractivity contribution >= 4 is 34.8 Å². The first-order valence-electron chi connectivity index (χ1n) is 15.1. The Hall–Kier alpha value is -4.60. The summed E-state index contributed by atoms with van der Waals surface area (Å²) in [5.41, 5.74) is 0.829. The molecule has 0 saturated carbocycles. The maximum Gasteiger partial charge on any atom is 0.408 e. The Morgan fingerprint density at radius 3 is 2.18 bits per heavy atom. The highest BCUT2D eigenvalue weighted by atomic mass is 16.6. The molecule has 10 nitrogen and oxygen atoms in total. The molecule has 4 amide bonds. The van der Waals surface area contributed by atoms with Gasteiger partial charge in [-0.2, -0.15) is 0 Å². The number of alkyl carbamates (subject to hydrolysis) is 2. The molecular weight excluding hydrogens is 560 g/mol. The third-order valence-electron chi connectivity index (χ3n) is 7.29. The molecule has 10 heteroatoms. The van der Waals surface area contributed by atoms with Crippen LogP contribution in [0.4, 0.5) is 9.59 Å². The molecule has 1 heterocycles. The van der Waals surface area contributed by atoms with Gasteiger partial charge in [0.25, 0.3) is 5.91 Å². The highest BCUT2D eigenvalue weighted by molar-refractivity contribution is 6.07. The van der Waals surface area contributed by atoms with Gasteiger partial charge in [-0.15, -0.1) is 0 Å². The number of rotatable bonds is 10. The van der Waals surface area contributed by atoms with Crippen LogP contribution in [0.1, 0.15) is 56.0 Å². The van der Waals surface area contributed by atoms with Gasteiger partial charge in [-0.1, -0.05) is 66.7 Å². The van der Waals surface area contributed by atoms with E-state index in [1.807, 2.05) is 72.8 Å². The topological polar surface area (TPSA) is 117 Å². The maximum atomic E-state index is 13.6. The van der Waals surface area contributed by atoms with Crippen molar-refractivity contribution in [2.24, 2.45) is 0 Å². The lowest BCUT2D eigenvalue weighted by Gasteiger charge is -2.37. The molecule has 1 saturated heterocycles. The Balaban J connectivity index is 1.28. The highest BCUT2D eigenvalue weighted by Crippen LogP contribution is 2.21. The van der Waals surface area contributed by atoms with Crippen LogP contribution in [0, 0.1) is 0 Å². The van der Waals surface area contributed by atoms with E-state index >= 15 is 0 Å². The van der Waals surface area contributed by atoms with Crippen molar-refractivity contribution in [1.29, 1.82) is 0 Å². The largest absolute Gasteiger partial charge is 0.445 e. The Morgan fingerprint density at radius 1 is 0.795 bits per heavy atom. The van der Waals surface area contributed by atoms with E-state index in [1.54, 1.807) is 30.6 Å². The van der Waals surface area contributed by atoms with Crippen molar-refractivity contribution in [1.82, 2.24) is 20.4 Å². The number of nitrogens with zero attached hydrogens (tertiary/aromatic N) is 2. The van der Waals surface area contributed by atoms with Crippen LogP contribution < -0.4 is 10.6 Å². The lowest BCUT2D eigenvalue weighted by molar-refractivity contribution is -0.135. The van der Waals surface area contributed by atoms with E-state index in [0.29, 0.717) is 57.5 Å². The van der Waals surface area contributed by atoms with Gasteiger partial charge in [-0.3, -0.25) is 9.59 Å². The number of hydrogen-bond donors (Lipinski definition) is 2. The quantitative estimate of drug-likeness (QED) is 0.312. The van der Waals surface area contributed by atoms with Crippen LogP contribution >= 0.6 is 0 Å². The molecule has 0 spiro atoms. The summed E-state index contributed by atoms with van der Waals surface area (Å²) in [6, 6.07) is 22.1. The lowest BCUT2D eigenvalue weighted by Crippen LogP contribution is -2.56. The number of unbranched alkanes of at least 4 members (excludes halogenated alkanes) is 1. The summed E-state index contributed by atoms with van der Waals surface area (Å²) in [4.78, 5) is 55.0. The summed E-state index contributed by atoms with van der Waals surface area (Å²) in [6.07, 6.45) is 0.360. The Bertz CT molecular complexity index is 1430. The fourth-order valence-electron chi connectivity index (χ4n) is 5.08. The van der Waals surface area contributed by atoms with Gasteiger partial charge < -0.3 is 29.9 Å². The molecule has 1 unspecified atom stereocenters. The second kappa shape index (κ2) is 15.2. The first kappa shape index (κ1) is 32.3. The normalized spacial score (nSPS) is 14.1. The third-order valence-corrected chi connectivity index (χ3v) is 7.29. The third kappa shape index (κ3) is 9.45. The van der Waals surface area contributed by atoms with Crippen LogP contribution in [0.3, 0.4) is 0 Å². The standard InChI is InChI=1S/C34H42N4O6/c1-34(2,3)44-33(42)36-29(18-9-10-19-35-32(41)43-24-25-12-5-4-6-13-25)31(40)38-22-20-37(21-23-38)30(39)28-17-11-15-26-14-7-8-16-27(26)28/h4-8,11-17,29H,9-10,18-24H2,1-3H3,(H,35,41)(H,36,42). The van der Waals surface area contributed by atoms with Gasteiger partial charge in [-0.05, 0) is 62.4 Å². The smallest absolute Gasteiger partial charge is 0.408 e. The summed E-state index contributed by atoms with van der Waals surface area (Å²) >= 11 is 0. The van der Waals surface area contributed by atoms with Crippen LogP contribution in [-0.2, 0) is 20.9 Å². The van der Waals surface area contributed by atoms with Gasteiger partial charge >= 0.3 is 12.2 Å². The van der Waals surface area contributed by atoms with Gasteiger partial charge in [-0.25, -0.2) is 9.59 Å². The van der Waals surface area contributed by atoms with Crippen LogP contribution in [-0.4, -0.2) is 78.2 Å². The molecule has 234 valence electrons. The average Bonchev–Trinajstić information content (AvgIpc) is 3.02. The van der Waals surface area contributed by atoms with Crippen LogP contribution in [0.15, 0.2) is 72.8 Å². The van der Waals surface area contributed by atoms with Gasteiger partial charge in [0.1, 0.15) is 18.2 Å². The highest BCUT2D eigenvalue weighted by Gasteiger charge is 2.31. The van der Waals surface area contributed by atoms with Crippen LogP contribution in [0.2, 0.25) is 0 Å². The van der Waals surface area contributed by atoms with Gasteiger partial charge in [0.05, 0.1) is 0 Å². The summed E-state index contributed by atoms with van der Waals surface area (Å²) < 4.78 is 10.6. The molecule has 3 aromatic rings. The first-order valence-corrected chi connectivity index (χ1v) is 15.1. The number of amides is 4. The van der Waals surface area contributed by atoms with E-state index in [0.717, 1.165) is 16.3 Å². The predicted molar refractivity (Wildman–Crippen MR) is 168 cm³/mol. The Kier molecular flexibility index (Phi) is 11.2. The van der Waals surface area contributed by atoms with Gasteiger partial charge in [0, 0.05) is 38.3 Å². The number of nitrogens with one attached hydrogen (secondary N) is 2. The average molecular weight is 603 g/mol. The van der Waals surface area contributed by atoms with Crippen LogP contribution in [0.25, 0.3) is 10.8 Å². The van der Waals surface area contributed by atoms with Crippen LogP contribution in [0.5, 0.6) is 0 Å². The zero-order valence-electron chi connectivity index (χ0n) is 25.7. The van der Waals surface area contributed by atoms with Crippen molar-refractivity contribution in [3.63, 3.8) is 0 Å². The fourth-order valence-corrected chi connectivity index (χ4v) is 5.08. The minimum absolute atomic E-state index is 0.0628. The van der Waals surface area contributed by atoms with E-state index in [2.05, 4.69) is 10.6 Å². The molecule has 1 atom stereocenters. The SMILES string of the molecule is CC(C)(C)OC(=O)NC(CCCCNC(=O)OCc1ccccc1)C(=O)N1CCN(C(=O)c2cccc3ccccc23)CC1. The lowest BCUT2D eigenvalue weighted by atomic mass is 10.0. The molecule has 0 aromatic heterocycles. The number of hydrogen-bond acceptors (Lipinski definition) is 6. The van der Waals surface area contributed by atoms with Crippen molar-refractivity contribution in [3.8, 4) is 0 Å². The Labute approximate surface area is 258 Å². The maximum absolute atomic E-state index is 13.6. The van der Waals surface area contributed by atoms with E-state index in [-0.39, 0.29) is 18.4 Å². The number of carbonyl (C=O) groups is 4. The van der Waals surface area contributed by atoms with Gasteiger partial charge in [0.2, 0.25) is 5.91 Å². The fraction of sp³-hybridized carbons (Fsp3) is 0.412. The van der Waals surface area contributed by atoms with E-state index < -0.39 is 23.8 Å². The van der Waals surface area contributed by atoms with Crippen molar-refractivity contribution < 1.29 is 28.7 Å². The summed E-state index contributed by atoms with van der Waals surface area (Å²) in [6.45, 7) is 7.34. The van der Waals surface area contributed by atoms with E-state index in [1.165, 1.54) is 0 Å². The predicted octanol–water partition coefficient (Wildman–Crippen LogP) is 5.11. The molecule has 1 aliphatic rings. The molecule has 2 N–H and O–H groups in total. The molecule has 0 radical (unpaired) electrons. The monoisotopic (exact) mass is 602 g/mol. The molecule has 3 aromatic carbocycles. The molecular formula is C34H42N4O6. The first-order chi connectivity index (χ1) is 21.1. The molecule has 1 aliphatic heterocycles. The molecule has 0 bridgehead atoms. The van der Waals surface area contributed by atoms with Crippen molar-refractivity contribution in [2.75, 3.05) is 32.7 Å². The van der Waals surface area contributed by atoms with E-state index in [4.69, 9.17) is 9.47 Å². The second-order valence-electron chi connectivity index (χ2n) is 11.8. The van der Waals surface area contributed by atoms with Crippen molar-refractivity contribution in [2.45, 2.75) is 58.3 Å². The number of carbonyl (C=O) groups excluding carboxylic acids is 4. The number of piperazine rings is 1. The molecule has 44 heavy (non-hydrogen) atoms. The zero-order valence-corrected chi connectivity index (χ0v) is 25.7. The summed E-state index contributed by atoms with van der Waals surface area (Å²) in [5.74, 6) is -0.282. The van der Waals surface area contributed by atoms with Gasteiger partial charge in [0.15, 0.2) is 0 Å². The van der Waals surface area contributed by atoms with E-state index in [9.17, 15) is 19.2 Å².